The molecular weight excluding hydrogens is 172 g/mol. The summed E-state index contributed by atoms with van der Waals surface area (Å²) >= 11 is 5.27. The van der Waals surface area contributed by atoms with Crippen molar-refractivity contribution in [1.29, 1.82) is 0 Å². The minimum Gasteiger partial charge on any atom is -0.395 e. The third-order valence-electron chi connectivity index (χ3n) is 0.770. The van der Waals surface area contributed by atoms with E-state index in [1.165, 1.54) is 16.5 Å². The zero-order valence-electron chi connectivity index (χ0n) is 5.15. The summed E-state index contributed by atoms with van der Waals surface area (Å²) in [4.78, 5) is 4.96. The van der Waals surface area contributed by atoms with Crippen LogP contribution in [0.25, 0.3) is 0 Å². The first kappa shape index (κ1) is 8.06. The summed E-state index contributed by atoms with van der Waals surface area (Å²) in [5.41, 5.74) is 2.77. The lowest BCUT2D eigenvalue weighted by Gasteiger charge is -2.11. The number of aliphatic hydroxyl groups excluding tert-OH is 1. The van der Waals surface area contributed by atoms with Crippen molar-refractivity contribution >= 4 is 24.6 Å². The molecule has 2 N–H and O–H groups in total. The third-order valence-corrected chi connectivity index (χ3v) is 1.76. The van der Waals surface area contributed by atoms with Crippen LogP contribution in [0.15, 0.2) is 11.3 Å². The number of aliphatic hydroxyl groups is 1. The van der Waals surface area contributed by atoms with Crippen LogP contribution in [-0.4, -0.2) is 22.0 Å². The van der Waals surface area contributed by atoms with Crippen LogP contribution in [0.5, 0.6) is 0 Å². The Morgan fingerprint density at radius 1 is 1.90 bits per heavy atom. The smallest absolute Gasteiger partial charge is 0.198 e. The van der Waals surface area contributed by atoms with E-state index in [-0.39, 0.29) is 6.61 Å². The van der Waals surface area contributed by atoms with E-state index in [0.717, 1.165) is 0 Å². The van der Waals surface area contributed by atoms with Crippen molar-refractivity contribution in [2.75, 3.05) is 12.4 Å². The minimum atomic E-state index is 0.133. The molecule has 0 saturated heterocycles. The Bertz CT molecular complexity index is 141. The first-order valence-electron chi connectivity index (χ1n) is 2.70. The van der Waals surface area contributed by atoms with Crippen LogP contribution in [0.3, 0.4) is 0 Å². The van der Waals surface area contributed by atoms with Gasteiger partial charge in [-0.05, 0) is 11.9 Å². The summed E-state index contributed by atoms with van der Waals surface area (Å²) in [6, 6.07) is 0. The molecule has 6 heteroatoms. The molecule has 0 aromatic rings. The molecule has 0 fully saturated rings. The summed E-state index contributed by atoms with van der Waals surface area (Å²) in [7, 11) is 0. The van der Waals surface area contributed by atoms with E-state index in [1.807, 2.05) is 0 Å². The standard InChI is InChI=1S/C4H8N2O2S2/c7-1-2-10-6-5-3-4(9)8-6/h3,5,7,9H,1-2H2. The molecule has 1 aliphatic rings. The van der Waals surface area contributed by atoms with Crippen LogP contribution in [0.1, 0.15) is 0 Å². The van der Waals surface area contributed by atoms with Gasteiger partial charge in [0.15, 0.2) is 5.09 Å². The fraction of sp³-hybridized carbons (Fsp3) is 0.500. The van der Waals surface area contributed by atoms with Gasteiger partial charge in [0.2, 0.25) is 0 Å². The molecule has 1 rings (SSSR count). The zero-order valence-corrected chi connectivity index (χ0v) is 6.86. The monoisotopic (exact) mass is 180 g/mol. The Morgan fingerprint density at radius 2 is 2.70 bits per heavy atom. The molecule has 0 saturated carbocycles. The second-order valence-corrected chi connectivity index (χ2v) is 2.96. The summed E-state index contributed by atoms with van der Waals surface area (Å²) in [5, 5.41) is 8.94. The normalized spacial score (nSPS) is 18.0. The van der Waals surface area contributed by atoms with Gasteiger partial charge in [-0.15, -0.1) is 12.6 Å². The van der Waals surface area contributed by atoms with E-state index in [0.29, 0.717) is 10.8 Å². The Morgan fingerprint density at radius 3 is 3.20 bits per heavy atom. The molecule has 10 heavy (non-hydrogen) atoms. The predicted molar refractivity (Wildman–Crippen MR) is 42.7 cm³/mol. The zero-order chi connectivity index (χ0) is 7.40. The van der Waals surface area contributed by atoms with Crippen molar-refractivity contribution in [3.8, 4) is 0 Å². The van der Waals surface area contributed by atoms with E-state index in [4.69, 9.17) is 9.94 Å². The second-order valence-electron chi connectivity index (χ2n) is 1.52. The van der Waals surface area contributed by atoms with Crippen molar-refractivity contribution in [2.45, 2.75) is 0 Å². The molecule has 0 aromatic carbocycles. The van der Waals surface area contributed by atoms with Crippen molar-refractivity contribution < 1.29 is 9.94 Å². The average molecular weight is 180 g/mol. The maximum Gasteiger partial charge on any atom is 0.198 e. The van der Waals surface area contributed by atoms with Gasteiger partial charge in [-0.1, -0.05) is 0 Å². The van der Waals surface area contributed by atoms with Crippen LogP contribution in [0.4, 0.5) is 0 Å². The highest BCUT2D eigenvalue weighted by Crippen LogP contribution is 2.17. The SMILES string of the molecule is OCCSN1NC=C(S)O1. The number of hydrogen-bond donors (Lipinski definition) is 3. The van der Waals surface area contributed by atoms with Crippen molar-refractivity contribution in [2.24, 2.45) is 0 Å². The molecular formula is C4H8N2O2S2. The lowest BCUT2D eigenvalue weighted by Crippen LogP contribution is -2.21. The number of thiol groups is 1. The van der Waals surface area contributed by atoms with E-state index < -0.39 is 0 Å². The van der Waals surface area contributed by atoms with Gasteiger partial charge in [0.1, 0.15) is 0 Å². The van der Waals surface area contributed by atoms with Gasteiger partial charge >= 0.3 is 0 Å². The van der Waals surface area contributed by atoms with Gasteiger partial charge in [0.05, 0.1) is 12.8 Å². The number of nitrogens with one attached hydrogen (secondary N) is 1. The highest BCUT2D eigenvalue weighted by molar-refractivity contribution is 7.96. The Balaban J connectivity index is 2.11. The molecule has 0 aliphatic carbocycles. The Hall–Kier alpha value is -0.0400. The fourth-order valence-corrected chi connectivity index (χ4v) is 1.14. The Labute approximate surface area is 68.7 Å². The van der Waals surface area contributed by atoms with Crippen LogP contribution >= 0.6 is 24.6 Å². The lowest BCUT2D eigenvalue weighted by atomic mass is 10.9. The largest absolute Gasteiger partial charge is 0.395 e. The van der Waals surface area contributed by atoms with Gasteiger partial charge in [0.25, 0.3) is 0 Å². The quantitative estimate of drug-likeness (QED) is 0.425. The summed E-state index contributed by atoms with van der Waals surface area (Å²) in [6.07, 6.45) is 1.62. The van der Waals surface area contributed by atoms with Gasteiger partial charge in [0, 0.05) is 10.3 Å². The topological polar surface area (TPSA) is 44.7 Å². The highest BCUT2D eigenvalue weighted by atomic mass is 32.2. The molecule has 0 aromatic heterocycles. The number of hydrazine groups is 1. The van der Waals surface area contributed by atoms with Crippen molar-refractivity contribution in [3.05, 3.63) is 11.3 Å². The van der Waals surface area contributed by atoms with Gasteiger partial charge in [-0.25, -0.2) is 0 Å². The van der Waals surface area contributed by atoms with Gasteiger partial charge in [-0.2, -0.15) is 0 Å². The maximum atomic E-state index is 8.43. The molecule has 4 nitrogen and oxygen atoms in total. The number of rotatable bonds is 3. The summed E-state index contributed by atoms with van der Waals surface area (Å²) in [5.74, 6) is 0.599. The molecule has 0 unspecified atom stereocenters. The molecule has 1 aliphatic heterocycles. The second kappa shape index (κ2) is 3.97. The molecule has 0 bridgehead atoms. The van der Waals surface area contributed by atoms with E-state index >= 15 is 0 Å². The van der Waals surface area contributed by atoms with Crippen molar-refractivity contribution in [1.82, 2.24) is 10.0 Å². The summed E-state index contributed by atoms with van der Waals surface area (Å²) in [6.45, 7) is 0.133. The fourth-order valence-electron chi connectivity index (χ4n) is 0.433. The first-order valence-corrected chi connectivity index (χ1v) is 4.09. The molecule has 58 valence electrons. The number of nitrogens with zero attached hydrogens (tertiary/aromatic N) is 1. The number of hydrogen-bond acceptors (Lipinski definition) is 6. The minimum absolute atomic E-state index is 0.133. The van der Waals surface area contributed by atoms with Crippen LogP contribution < -0.4 is 5.43 Å². The Kier molecular flexibility index (Phi) is 3.20. The van der Waals surface area contributed by atoms with Crippen LogP contribution in [-0.2, 0) is 4.84 Å². The van der Waals surface area contributed by atoms with E-state index in [2.05, 4.69) is 18.1 Å². The van der Waals surface area contributed by atoms with E-state index in [9.17, 15) is 0 Å². The molecule has 0 atom stereocenters. The lowest BCUT2D eigenvalue weighted by molar-refractivity contribution is -0.0137. The van der Waals surface area contributed by atoms with Gasteiger partial charge in [-0.3, -0.25) is 5.43 Å². The average Bonchev–Trinajstić information content (AvgIpc) is 2.31. The van der Waals surface area contributed by atoms with E-state index in [1.54, 1.807) is 6.20 Å². The summed E-state index contributed by atoms with van der Waals surface area (Å²) < 4.78 is 1.43. The highest BCUT2D eigenvalue weighted by Gasteiger charge is 2.11. The molecule has 0 amide bonds. The first-order chi connectivity index (χ1) is 4.83. The van der Waals surface area contributed by atoms with Gasteiger partial charge < -0.3 is 9.94 Å². The molecule has 0 spiro atoms. The maximum absolute atomic E-state index is 8.43. The molecule has 1 heterocycles. The third kappa shape index (κ3) is 2.30. The van der Waals surface area contributed by atoms with Crippen LogP contribution in [0.2, 0.25) is 0 Å². The predicted octanol–water partition coefficient (Wildman–Crippen LogP) is 0.107. The molecule has 0 radical (unpaired) electrons. The van der Waals surface area contributed by atoms with Crippen LogP contribution in [0, 0.1) is 0 Å². The van der Waals surface area contributed by atoms with Crippen molar-refractivity contribution in [3.63, 3.8) is 0 Å².